The number of esters is 4. The van der Waals surface area contributed by atoms with Gasteiger partial charge in [0.25, 0.3) is 0 Å². The van der Waals surface area contributed by atoms with Crippen molar-refractivity contribution in [2.45, 2.75) is 90.3 Å². The third-order valence-corrected chi connectivity index (χ3v) is 7.91. The molecule has 2 aromatic rings. The Morgan fingerprint density at radius 2 is 1.53 bits per heavy atom. The van der Waals surface area contributed by atoms with Gasteiger partial charge >= 0.3 is 43.7 Å². The maximum absolute atomic E-state index is 12.4. The van der Waals surface area contributed by atoms with E-state index in [-0.39, 0.29) is 32.3 Å². The molecule has 0 bridgehead atoms. The van der Waals surface area contributed by atoms with Gasteiger partial charge in [0.1, 0.15) is 24.6 Å². The van der Waals surface area contributed by atoms with Gasteiger partial charge in [-0.2, -0.15) is 0 Å². The summed E-state index contributed by atoms with van der Waals surface area (Å²) in [5.41, 5.74) is 4.21. The summed E-state index contributed by atoms with van der Waals surface area (Å²) in [6, 6.07) is 9.96. The van der Waals surface area contributed by atoms with Gasteiger partial charge in [0, 0.05) is 33.3 Å². The fourth-order valence-corrected chi connectivity index (χ4v) is 5.91. The number of fused-ring (bicyclic) bond motifs is 1. The van der Waals surface area contributed by atoms with E-state index in [4.69, 9.17) is 40.0 Å². The number of hydrogen-bond acceptors (Lipinski definition) is 10. The van der Waals surface area contributed by atoms with Gasteiger partial charge in [0.2, 0.25) is 0 Å². The molecule has 0 aliphatic carbocycles. The standard InChI is InChI=1S/C33H38ClO10.Os/c1-17(2)23-11-9-22(10-12-23)14-24-15-26(25-8-7-13-39-29(25)28(24)34)30-32(42-20(5)37)33(43-21(6)38)31(41-19(4)36)27(44-30)16-40-18(3)35;/h9-12,15,17,27,30-33H,1,7-8,13-14,16H2,2-6H3;/q-1;+1/t17?,27-,30+,31-,32+,33+;/m1./s1. The Morgan fingerprint density at radius 3 is 2.11 bits per heavy atom. The SMILES string of the molecule is [CH2-]C(C)c1ccc(Cc2cc([C@@H]3O[C@H](COC(C)=O)[C@@H](OC(C)=O)[C@H](OC(C)=O)[C@H]3OC(C)=O)c3c(c2Cl)OCCC3)cc1.[Os+]. The summed E-state index contributed by atoms with van der Waals surface area (Å²) in [5, 5.41) is 0.462. The van der Waals surface area contributed by atoms with Gasteiger partial charge in [-0.3, -0.25) is 19.2 Å². The second kappa shape index (κ2) is 16.0. The molecule has 0 amide bonds. The number of rotatable bonds is 9. The third-order valence-electron chi connectivity index (χ3n) is 7.49. The van der Waals surface area contributed by atoms with Crippen LogP contribution in [-0.4, -0.2) is 61.5 Å². The molecule has 2 aromatic carbocycles. The molecule has 0 N–H and O–H groups in total. The van der Waals surface area contributed by atoms with Crippen LogP contribution in [0.5, 0.6) is 5.75 Å². The molecule has 2 aliphatic rings. The molecule has 1 radical (unpaired) electrons. The van der Waals surface area contributed by atoms with E-state index in [2.05, 4.69) is 6.92 Å². The van der Waals surface area contributed by atoms with Gasteiger partial charge in [-0.1, -0.05) is 54.4 Å². The number of carbonyl (C=O) groups is 4. The maximum Gasteiger partial charge on any atom is 1.00 e. The van der Waals surface area contributed by atoms with Crippen LogP contribution in [0.3, 0.4) is 0 Å². The summed E-state index contributed by atoms with van der Waals surface area (Å²) in [6.07, 6.45) is -4.11. The van der Waals surface area contributed by atoms with E-state index < -0.39 is 54.4 Å². The van der Waals surface area contributed by atoms with Crippen molar-refractivity contribution in [1.29, 1.82) is 0 Å². The van der Waals surface area contributed by atoms with Gasteiger partial charge in [-0.15, -0.1) is 5.92 Å². The Balaban J connectivity index is 0.00000552. The predicted molar refractivity (Wildman–Crippen MR) is 159 cm³/mol. The van der Waals surface area contributed by atoms with E-state index in [0.717, 1.165) is 22.3 Å². The summed E-state index contributed by atoms with van der Waals surface area (Å²) >= 11 is 6.94. The Bertz CT molecular complexity index is 1390. The average molecular weight is 820 g/mol. The first-order valence-electron chi connectivity index (χ1n) is 14.5. The first-order valence-corrected chi connectivity index (χ1v) is 14.9. The maximum atomic E-state index is 12.4. The van der Waals surface area contributed by atoms with Crippen LogP contribution in [0.15, 0.2) is 30.3 Å². The van der Waals surface area contributed by atoms with Gasteiger partial charge in [-0.25, -0.2) is 0 Å². The first-order chi connectivity index (χ1) is 20.8. The quantitative estimate of drug-likeness (QED) is 0.194. The number of hydrogen-bond donors (Lipinski definition) is 0. The van der Waals surface area contributed by atoms with Crippen LogP contribution in [0, 0.1) is 6.92 Å². The summed E-state index contributed by atoms with van der Waals surface area (Å²) in [4.78, 5) is 48.7. The molecule has 0 aromatic heterocycles. The van der Waals surface area contributed by atoms with Gasteiger partial charge in [0.15, 0.2) is 18.3 Å². The molecule has 4 rings (SSSR count). The molecule has 6 atom stereocenters. The van der Waals surface area contributed by atoms with Crippen molar-refractivity contribution < 1.29 is 67.4 Å². The minimum absolute atomic E-state index is 0. The van der Waals surface area contributed by atoms with Crippen molar-refractivity contribution in [2.24, 2.45) is 0 Å². The van der Waals surface area contributed by atoms with Crippen LogP contribution in [0.25, 0.3) is 0 Å². The van der Waals surface area contributed by atoms with E-state index in [0.29, 0.717) is 42.2 Å². The number of carbonyl (C=O) groups excluding carboxylic acids is 4. The predicted octanol–water partition coefficient (Wildman–Crippen LogP) is 4.99. The second-order valence-corrected chi connectivity index (χ2v) is 11.5. The van der Waals surface area contributed by atoms with Gasteiger partial charge in [0.05, 0.1) is 11.6 Å². The molecule has 12 heteroatoms. The molecule has 0 spiro atoms. The van der Waals surface area contributed by atoms with Crippen LogP contribution < -0.4 is 4.74 Å². The smallest absolute Gasteiger partial charge is 0.492 e. The number of ether oxygens (including phenoxy) is 6. The van der Waals surface area contributed by atoms with Crippen molar-refractivity contribution in [3.63, 3.8) is 0 Å². The Hall–Kier alpha value is -2.99. The largest absolute Gasteiger partial charge is 1.00 e. The van der Waals surface area contributed by atoms with Gasteiger partial charge in [-0.05, 0) is 36.0 Å². The monoisotopic (exact) mass is 821 g/mol. The molecule has 1 unspecified atom stereocenters. The zero-order valence-electron chi connectivity index (χ0n) is 25.9. The topological polar surface area (TPSA) is 124 Å². The molecular weight excluding hydrogens is 782 g/mol. The number of benzene rings is 2. The van der Waals surface area contributed by atoms with E-state index in [1.54, 1.807) is 0 Å². The van der Waals surface area contributed by atoms with Crippen molar-refractivity contribution in [3.05, 3.63) is 70.1 Å². The Morgan fingerprint density at radius 1 is 0.933 bits per heavy atom. The molecule has 245 valence electrons. The molecule has 2 aliphatic heterocycles. The molecule has 10 nitrogen and oxygen atoms in total. The zero-order valence-corrected chi connectivity index (χ0v) is 29.2. The molecule has 0 saturated carbocycles. The summed E-state index contributed by atoms with van der Waals surface area (Å²) < 4.78 is 34.8. The third kappa shape index (κ3) is 9.06. The molecular formula is C33H38ClO10Os. The second-order valence-electron chi connectivity index (χ2n) is 11.1. The average Bonchev–Trinajstić information content (AvgIpc) is 2.95. The molecule has 2 heterocycles. The Kier molecular flexibility index (Phi) is 13.0. The molecule has 1 fully saturated rings. The summed E-state index contributed by atoms with van der Waals surface area (Å²) in [5.74, 6) is -2.00. The van der Waals surface area contributed by atoms with E-state index in [1.807, 2.05) is 37.3 Å². The van der Waals surface area contributed by atoms with Gasteiger partial charge < -0.3 is 35.3 Å². The van der Waals surface area contributed by atoms with E-state index >= 15 is 0 Å². The Labute approximate surface area is 281 Å². The fourth-order valence-electron chi connectivity index (χ4n) is 5.62. The van der Waals surface area contributed by atoms with Crippen LogP contribution in [0.1, 0.15) is 80.9 Å². The summed E-state index contributed by atoms with van der Waals surface area (Å²) in [7, 11) is 0. The summed E-state index contributed by atoms with van der Waals surface area (Å²) in [6.45, 7) is 11.1. The normalized spacial score (nSPS) is 22.9. The van der Waals surface area contributed by atoms with Crippen LogP contribution in [0.4, 0.5) is 0 Å². The molecule has 45 heavy (non-hydrogen) atoms. The van der Waals surface area contributed by atoms with Crippen LogP contribution >= 0.6 is 11.6 Å². The minimum atomic E-state index is -1.28. The van der Waals surface area contributed by atoms with E-state index in [9.17, 15) is 19.2 Å². The van der Waals surface area contributed by atoms with Crippen molar-refractivity contribution >= 4 is 35.5 Å². The van der Waals surface area contributed by atoms with Crippen LogP contribution in [-0.2, 0) is 75.5 Å². The molecule has 1 saturated heterocycles. The van der Waals surface area contributed by atoms with E-state index in [1.165, 1.54) is 27.7 Å². The number of halogens is 1. The van der Waals surface area contributed by atoms with Crippen molar-refractivity contribution in [1.82, 2.24) is 0 Å². The minimum Gasteiger partial charge on any atom is -0.492 e. The van der Waals surface area contributed by atoms with Crippen molar-refractivity contribution in [2.75, 3.05) is 13.2 Å². The zero-order chi connectivity index (χ0) is 32.1. The van der Waals surface area contributed by atoms with Crippen molar-refractivity contribution in [3.8, 4) is 5.75 Å². The van der Waals surface area contributed by atoms with Crippen LogP contribution in [0.2, 0.25) is 5.02 Å². The first kappa shape index (κ1) is 36.5. The fraction of sp³-hybridized carbons (Fsp3) is 0.485.